The van der Waals surface area contributed by atoms with Gasteiger partial charge in [-0.3, -0.25) is 4.90 Å². The molecule has 1 aromatic heterocycles. The topological polar surface area (TPSA) is 36.3 Å². The summed E-state index contributed by atoms with van der Waals surface area (Å²) in [5, 5.41) is 3.49. The predicted molar refractivity (Wildman–Crippen MR) is 78.4 cm³/mol. The van der Waals surface area contributed by atoms with Crippen molar-refractivity contribution in [2.75, 3.05) is 40.8 Å². The lowest BCUT2D eigenvalue weighted by molar-refractivity contribution is 0.0890. The molecule has 19 heavy (non-hydrogen) atoms. The van der Waals surface area contributed by atoms with Crippen molar-refractivity contribution in [1.29, 1.82) is 0 Å². The molecule has 0 aliphatic carbocycles. The van der Waals surface area contributed by atoms with Crippen LogP contribution in [0.1, 0.15) is 12.7 Å². The van der Waals surface area contributed by atoms with Crippen LogP contribution in [0, 0.1) is 0 Å². The summed E-state index contributed by atoms with van der Waals surface area (Å²) in [6.07, 6.45) is 4.96. The highest BCUT2D eigenvalue weighted by molar-refractivity contribution is 4.99. The second-order valence-electron chi connectivity index (χ2n) is 5.54. The number of imidazole rings is 1. The average molecular weight is 265 g/mol. The second-order valence-corrected chi connectivity index (χ2v) is 5.54. The number of nitrogens with one attached hydrogen (secondary N) is 1. The minimum Gasteiger partial charge on any atom is -0.335 e. The summed E-state index contributed by atoms with van der Waals surface area (Å²) in [6, 6.07) is 0.992. The van der Waals surface area contributed by atoms with Crippen molar-refractivity contribution >= 4 is 0 Å². The summed E-state index contributed by atoms with van der Waals surface area (Å²) in [7, 11) is 6.50. The Balaban J connectivity index is 2.06. The first-order valence-corrected chi connectivity index (χ1v) is 7.21. The maximum atomic E-state index is 4.50. The maximum absolute atomic E-state index is 4.50. The van der Waals surface area contributed by atoms with E-state index in [1.807, 2.05) is 6.20 Å². The number of likely N-dealkylation sites (N-methyl/N-ethyl adjacent to an activating group) is 3. The van der Waals surface area contributed by atoms with E-state index < -0.39 is 0 Å². The van der Waals surface area contributed by atoms with Gasteiger partial charge in [0.15, 0.2) is 0 Å². The van der Waals surface area contributed by atoms with Crippen LogP contribution in [0.2, 0.25) is 0 Å². The highest BCUT2D eigenvalue weighted by atomic mass is 15.3. The highest BCUT2D eigenvalue weighted by Crippen LogP contribution is 2.13. The fourth-order valence-corrected chi connectivity index (χ4v) is 2.92. The maximum Gasteiger partial charge on any atom is 0.110 e. The van der Waals surface area contributed by atoms with Crippen molar-refractivity contribution in [1.82, 2.24) is 24.7 Å². The second kappa shape index (κ2) is 6.50. The lowest BCUT2D eigenvalue weighted by atomic mass is 10.0. The van der Waals surface area contributed by atoms with E-state index in [9.17, 15) is 0 Å². The van der Waals surface area contributed by atoms with Crippen molar-refractivity contribution in [3.8, 4) is 0 Å². The molecule has 0 spiro atoms. The third kappa shape index (κ3) is 3.35. The lowest BCUT2D eigenvalue weighted by Crippen LogP contribution is -2.58. The molecule has 1 aromatic rings. The molecule has 0 amide bonds. The third-order valence-electron chi connectivity index (χ3n) is 4.28. The van der Waals surface area contributed by atoms with Crippen LogP contribution >= 0.6 is 0 Å². The number of hydrogen-bond donors (Lipinski definition) is 1. The summed E-state index contributed by atoms with van der Waals surface area (Å²) in [5.74, 6) is 1.18. The Morgan fingerprint density at radius 3 is 2.89 bits per heavy atom. The lowest BCUT2D eigenvalue weighted by Gasteiger charge is -2.41. The molecule has 0 radical (unpaired) electrons. The molecule has 0 bridgehead atoms. The van der Waals surface area contributed by atoms with Gasteiger partial charge in [0.1, 0.15) is 5.82 Å². The minimum atomic E-state index is 0.445. The van der Waals surface area contributed by atoms with Gasteiger partial charge in [-0.2, -0.15) is 0 Å². The van der Waals surface area contributed by atoms with Crippen LogP contribution in [0.15, 0.2) is 12.4 Å². The molecule has 1 fully saturated rings. The van der Waals surface area contributed by atoms with Crippen molar-refractivity contribution in [2.24, 2.45) is 0 Å². The minimum absolute atomic E-state index is 0.445. The van der Waals surface area contributed by atoms with Crippen LogP contribution in [0.4, 0.5) is 0 Å². The van der Waals surface area contributed by atoms with Gasteiger partial charge in [-0.05, 0) is 28.1 Å². The Labute approximate surface area is 116 Å². The first-order valence-electron chi connectivity index (χ1n) is 7.21. The number of aryl methyl sites for hydroxylation is 1. The number of piperazine rings is 1. The van der Waals surface area contributed by atoms with Gasteiger partial charge in [-0.15, -0.1) is 0 Å². The Morgan fingerprint density at radius 2 is 2.21 bits per heavy atom. The van der Waals surface area contributed by atoms with Crippen molar-refractivity contribution in [3.63, 3.8) is 0 Å². The van der Waals surface area contributed by atoms with Crippen molar-refractivity contribution in [2.45, 2.75) is 32.0 Å². The summed E-state index contributed by atoms with van der Waals surface area (Å²) in [4.78, 5) is 9.40. The Morgan fingerprint density at radius 1 is 1.42 bits per heavy atom. The van der Waals surface area contributed by atoms with E-state index in [2.05, 4.69) is 58.9 Å². The zero-order valence-electron chi connectivity index (χ0n) is 12.6. The SMILES string of the molecule is CCn1ccnc1CC(NC)C1CN(C)CCN1C. The summed E-state index contributed by atoms with van der Waals surface area (Å²) >= 11 is 0. The van der Waals surface area contributed by atoms with E-state index in [-0.39, 0.29) is 0 Å². The van der Waals surface area contributed by atoms with Crippen LogP contribution in [0.5, 0.6) is 0 Å². The number of nitrogens with zero attached hydrogens (tertiary/aromatic N) is 4. The molecule has 1 aliphatic heterocycles. The Bertz CT molecular complexity index is 389. The van der Waals surface area contributed by atoms with Crippen LogP contribution in [-0.2, 0) is 13.0 Å². The monoisotopic (exact) mass is 265 g/mol. The van der Waals surface area contributed by atoms with Gasteiger partial charge in [0.2, 0.25) is 0 Å². The molecule has 2 rings (SSSR count). The van der Waals surface area contributed by atoms with Gasteiger partial charge in [0.05, 0.1) is 0 Å². The van der Waals surface area contributed by atoms with Gasteiger partial charge in [-0.1, -0.05) is 0 Å². The molecule has 1 N–H and O–H groups in total. The van der Waals surface area contributed by atoms with Crippen LogP contribution in [0.25, 0.3) is 0 Å². The molecule has 2 heterocycles. The number of aromatic nitrogens is 2. The molecule has 1 saturated heterocycles. The van der Waals surface area contributed by atoms with E-state index >= 15 is 0 Å². The number of hydrogen-bond acceptors (Lipinski definition) is 4. The molecule has 1 aliphatic rings. The van der Waals surface area contributed by atoms with E-state index in [4.69, 9.17) is 0 Å². The largest absolute Gasteiger partial charge is 0.335 e. The third-order valence-corrected chi connectivity index (χ3v) is 4.28. The Kier molecular flexibility index (Phi) is 4.96. The van der Waals surface area contributed by atoms with Gasteiger partial charge in [-0.25, -0.2) is 4.98 Å². The van der Waals surface area contributed by atoms with E-state index in [1.165, 1.54) is 5.82 Å². The highest BCUT2D eigenvalue weighted by Gasteiger charge is 2.29. The fraction of sp³-hybridized carbons (Fsp3) is 0.786. The molecule has 0 aromatic carbocycles. The molecule has 5 nitrogen and oxygen atoms in total. The molecule has 108 valence electrons. The molecular weight excluding hydrogens is 238 g/mol. The van der Waals surface area contributed by atoms with E-state index in [0.717, 1.165) is 32.6 Å². The smallest absolute Gasteiger partial charge is 0.110 e. The zero-order chi connectivity index (χ0) is 13.8. The van der Waals surface area contributed by atoms with Crippen LogP contribution < -0.4 is 5.32 Å². The fourth-order valence-electron chi connectivity index (χ4n) is 2.92. The van der Waals surface area contributed by atoms with E-state index in [1.54, 1.807) is 0 Å². The standard InChI is InChI=1S/C14H27N5/c1-5-19-7-6-16-14(19)10-12(15-2)13-11-17(3)8-9-18(13)4/h6-7,12-13,15H,5,8-11H2,1-4H3. The first-order chi connectivity index (χ1) is 9.15. The van der Waals surface area contributed by atoms with Crippen LogP contribution in [-0.4, -0.2) is 72.2 Å². The molecule has 0 saturated carbocycles. The van der Waals surface area contributed by atoms with Gasteiger partial charge >= 0.3 is 0 Å². The Hall–Kier alpha value is -0.910. The molecule has 2 atom stereocenters. The van der Waals surface area contributed by atoms with Gasteiger partial charge in [0.25, 0.3) is 0 Å². The normalized spacial score (nSPS) is 23.7. The van der Waals surface area contributed by atoms with Crippen LogP contribution in [0.3, 0.4) is 0 Å². The number of rotatable bonds is 5. The van der Waals surface area contributed by atoms with Gasteiger partial charge < -0.3 is 14.8 Å². The molecular formula is C14H27N5. The summed E-state index contributed by atoms with van der Waals surface area (Å²) in [5.41, 5.74) is 0. The summed E-state index contributed by atoms with van der Waals surface area (Å²) in [6.45, 7) is 6.58. The predicted octanol–water partition coefficient (Wildman–Crippen LogP) is 0.279. The van der Waals surface area contributed by atoms with E-state index in [0.29, 0.717) is 12.1 Å². The van der Waals surface area contributed by atoms with Crippen molar-refractivity contribution in [3.05, 3.63) is 18.2 Å². The average Bonchev–Trinajstić information content (AvgIpc) is 2.86. The first kappa shape index (κ1) is 14.5. The molecule has 5 heteroatoms. The zero-order valence-corrected chi connectivity index (χ0v) is 12.6. The molecule has 2 unspecified atom stereocenters. The quantitative estimate of drug-likeness (QED) is 0.830. The van der Waals surface area contributed by atoms with Gasteiger partial charge in [0, 0.05) is 57.1 Å². The summed E-state index contributed by atoms with van der Waals surface area (Å²) < 4.78 is 2.23. The van der Waals surface area contributed by atoms with Crippen molar-refractivity contribution < 1.29 is 0 Å².